The molecule has 4 rings (SSSR count). The van der Waals surface area contributed by atoms with E-state index in [1.54, 1.807) is 31.4 Å². The maximum atomic E-state index is 13.4. The zero-order valence-corrected chi connectivity index (χ0v) is 24.1. The van der Waals surface area contributed by atoms with E-state index in [4.69, 9.17) is 25.8 Å². The molecular weight excluding hydrogens is 530 g/mol. The van der Waals surface area contributed by atoms with Gasteiger partial charge < -0.3 is 19.1 Å². The number of benzene rings is 2. The predicted molar refractivity (Wildman–Crippen MR) is 156 cm³/mol. The Morgan fingerprint density at radius 2 is 1.73 bits per heavy atom. The van der Waals surface area contributed by atoms with Crippen LogP contribution in [-0.2, 0) is 17.8 Å². The number of ketones is 1. The molecule has 3 aromatic rings. The van der Waals surface area contributed by atoms with E-state index in [2.05, 4.69) is 4.98 Å². The van der Waals surface area contributed by atoms with Gasteiger partial charge in [0.2, 0.25) is 5.88 Å². The van der Waals surface area contributed by atoms with Crippen LogP contribution in [0.15, 0.2) is 54.7 Å². The van der Waals surface area contributed by atoms with E-state index < -0.39 is 0 Å². The minimum absolute atomic E-state index is 0.0384. The predicted octanol–water partition coefficient (Wildman–Crippen LogP) is 6.55. The standard InChI is InChI=1S/C31H36ClN3O5/c1-22-17-25(10-12-27(22)40-30-13-9-23(20-33-30)18-26(36)7-4-5-14-32)35-16-6-15-34(31(35)37)21-24-8-11-28(38-2)29(19-24)39-3/h8-13,17,19-20H,4-7,14-16,18,21H2,1-3H3. The van der Waals surface area contributed by atoms with Crippen molar-refractivity contribution in [2.24, 2.45) is 0 Å². The lowest BCUT2D eigenvalue weighted by Gasteiger charge is -2.36. The van der Waals surface area contributed by atoms with Crippen molar-refractivity contribution in [1.29, 1.82) is 0 Å². The normalized spacial score (nSPS) is 13.3. The molecule has 1 aliphatic heterocycles. The molecule has 0 aliphatic carbocycles. The number of ether oxygens (including phenoxy) is 3. The van der Waals surface area contributed by atoms with Crippen LogP contribution in [0.4, 0.5) is 10.5 Å². The van der Waals surface area contributed by atoms with E-state index in [0.29, 0.717) is 61.5 Å². The summed E-state index contributed by atoms with van der Waals surface area (Å²) in [7, 11) is 3.21. The Kier molecular flexibility index (Phi) is 10.2. The fourth-order valence-electron chi connectivity index (χ4n) is 4.70. The molecule has 0 spiro atoms. The van der Waals surface area contributed by atoms with Gasteiger partial charge in [0.25, 0.3) is 0 Å². The van der Waals surface area contributed by atoms with Crippen LogP contribution >= 0.6 is 11.6 Å². The van der Waals surface area contributed by atoms with E-state index in [9.17, 15) is 9.59 Å². The van der Waals surface area contributed by atoms with Gasteiger partial charge in [0, 0.05) is 56.3 Å². The summed E-state index contributed by atoms with van der Waals surface area (Å²) in [6.07, 6.45) is 5.09. The highest BCUT2D eigenvalue weighted by Crippen LogP contribution is 2.31. The highest BCUT2D eigenvalue weighted by Gasteiger charge is 2.27. The summed E-state index contributed by atoms with van der Waals surface area (Å²) in [4.78, 5) is 33.5. The molecule has 40 heavy (non-hydrogen) atoms. The molecule has 2 aromatic carbocycles. The third-order valence-corrected chi connectivity index (χ3v) is 7.12. The summed E-state index contributed by atoms with van der Waals surface area (Å²) in [6, 6.07) is 15.0. The second kappa shape index (κ2) is 14.0. The number of pyridine rings is 1. The first kappa shape index (κ1) is 29.2. The third-order valence-electron chi connectivity index (χ3n) is 6.86. The lowest BCUT2D eigenvalue weighted by Crippen LogP contribution is -2.49. The largest absolute Gasteiger partial charge is 0.493 e. The van der Waals surface area contributed by atoms with Crippen LogP contribution in [0.5, 0.6) is 23.1 Å². The van der Waals surface area contributed by atoms with Crippen molar-refractivity contribution in [1.82, 2.24) is 9.88 Å². The average Bonchev–Trinajstić information content (AvgIpc) is 2.96. The number of unbranched alkanes of at least 4 members (excludes halogenated alkanes) is 1. The molecule has 9 heteroatoms. The van der Waals surface area contributed by atoms with Crippen molar-refractivity contribution in [3.05, 3.63) is 71.4 Å². The molecule has 1 aliphatic rings. The lowest BCUT2D eigenvalue weighted by atomic mass is 10.1. The summed E-state index contributed by atoms with van der Waals surface area (Å²) >= 11 is 5.68. The average molecular weight is 566 g/mol. The molecule has 2 heterocycles. The highest BCUT2D eigenvalue weighted by molar-refractivity contribution is 6.17. The van der Waals surface area contributed by atoms with Crippen LogP contribution < -0.4 is 19.1 Å². The van der Waals surface area contributed by atoms with Crippen LogP contribution in [0.25, 0.3) is 0 Å². The molecule has 1 fully saturated rings. The number of Topliss-reactive ketones (excluding diaryl/α,β-unsaturated/α-hetero) is 1. The van der Waals surface area contributed by atoms with Crippen molar-refractivity contribution >= 4 is 29.1 Å². The smallest absolute Gasteiger partial charge is 0.324 e. The molecule has 0 saturated carbocycles. The first-order valence-electron chi connectivity index (χ1n) is 13.5. The van der Waals surface area contributed by atoms with Gasteiger partial charge in [-0.2, -0.15) is 0 Å². The van der Waals surface area contributed by atoms with E-state index in [1.165, 1.54) is 0 Å². The molecule has 0 radical (unpaired) electrons. The summed E-state index contributed by atoms with van der Waals surface area (Å²) in [5, 5.41) is 0. The number of carbonyl (C=O) groups excluding carboxylic acids is 2. The first-order chi connectivity index (χ1) is 19.4. The Hall–Kier alpha value is -3.78. The van der Waals surface area contributed by atoms with E-state index in [0.717, 1.165) is 41.6 Å². The number of amides is 2. The molecule has 2 amide bonds. The van der Waals surface area contributed by atoms with E-state index in [1.807, 2.05) is 54.3 Å². The van der Waals surface area contributed by atoms with Crippen LogP contribution in [0.1, 0.15) is 42.4 Å². The molecule has 0 unspecified atom stereocenters. The third kappa shape index (κ3) is 7.45. The maximum absolute atomic E-state index is 13.4. The van der Waals surface area contributed by atoms with Gasteiger partial charge in [0.15, 0.2) is 11.5 Å². The lowest BCUT2D eigenvalue weighted by molar-refractivity contribution is -0.118. The van der Waals surface area contributed by atoms with Crippen molar-refractivity contribution in [2.45, 2.75) is 45.6 Å². The van der Waals surface area contributed by atoms with Gasteiger partial charge in [-0.25, -0.2) is 9.78 Å². The Labute approximate surface area is 240 Å². The van der Waals surface area contributed by atoms with Gasteiger partial charge >= 0.3 is 6.03 Å². The van der Waals surface area contributed by atoms with Crippen LogP contribution in [0.3, 0.4) is 0 Å². The summed E-state index contributed by atoms with van der Waals surface area (Å²) in [5.41, 5.74) is 3.55. The Morgan fingerprint density at radius 3 is 2.42 bits per heavy atom. The zero-order chi connectivity index (χ0) is 28.5. The molecule has 212 valence electrons. The van der Waals surface area contributed by atoms with Gasteiger partial charge in [0.05, 0.1) is 14.2 Å². The number of carbonyl (C=O) groups is 2. The fraction of sp³-hybridized carbons (Fsp3) is 0.387. The number of nitrogens with zero attached hydrogens (tertiary/aromatic N) is 3. The van der Waals surface area contributed by atoms with E-state index >= 15 is 0 Å². The fourth-order valence-corrected chi connectivity index (χ4v) is 4.89. The number of alkyl halides is 1. The summed E-state index contributed by atoms with van der Waals surface area (Å²) in [5.74, 6) is 3.17. The van der Waals surface area contributed by atoms with Gasteiger partial charge in [0.1, 0.15) is 11.5 Å². The highest BCUT2D eigenvalue weighted by atomic mass is 35.5. The maximum Gasteiger partial charge on any atom is 0.324 e. The quantitative estimate of drug-likeness (QED) is 0.173. The number of anilines is 1. The molecule has 8 nitrogen and oxygen atoms in total. The monoisotopic (exact) mass is 565 g/mol. The molecule has 0 atom stereocenters. The second-order valence-electron chi connectivity index (χ2n) is 9.82. The molecule has 0 N–H and O–H groups in total. The number of hydrogen-bond acceptors (Lipinski definition) is 6. The topological polar surface area (TPSA) is 81.2 Å². The number of halogens is 1. The SMILES string of the molecule is COc1ccc(CN2CCCN(c3ccc(Oc4ccc(CC(=O)CCCCCl)cn4)c(C)c3)C2=O)cc1OC. The molecular formula is C31H36ClN3O5. The van der Waals surface area contributed by atoms with Gasteiger partial charge in [-0.1, -0.05) is 12.1 Å². The number of aromatic nitrogens is 1. The Balaban J connectivity index is 1.38. The number of methoxy groups -OCH3 is 2. The first-order valence-corrected chi connectivity index (χ1v) is 14.0. The minimum Gasteiger partial charge on any atom is -0.493 e. The van der Waals surface area contributed by atoms with Crippen LogP contribution in [0, 0.1) is 6.92 Å². The van der Waals surface area contributed by atoms with Crippen LogP contribution in [-0.4, -0.2) is 54.9 Å². The number of rotatable bonds is 13. The Bertz CT molecular complexity index is 1310. The van der Waals surface area contributed by atoms with Crippen molar-refractivity contribution in [3.63, 3.8) is 0 Å². The minimum atomic E-state index is -0.0384. The zero-order valence-electron chi connectivity index (χ0n) is 23.3. The summed E-state index contributed by atoms with van der Waals surface area (Å²) < 4.78 is 16.8. The van der Waals surface area contributed by atoms with Gasteiger partial charge in [-0.15, -0.1) is 11.6 Å². The van der Waals surface area contributed by atoms with E-state index in [-0.39, 0.29) is 11.8 Å². The number of urea groups is 1. The van der Waals surface area contributed by atoms with Crippen molar-refractivity contribution < 1.29 is 23.8 Å². The van der Waals surface area contributed by atoms with Crippen molar-refractivity contribution in [2.75, 3.05) is 38.1 Å². The molecule has 0 bridgehead atoms. The van der Waals surface area contributed by atoms with Gasteiger partial charge in [-0.05, 0) is 73.2 Å². The van der Waals surface area contributed by atoms with Crippen molar-refractivity contribution in [3.8, 4) is 23.1 Å². The number of aryl methyl sites for hydroxylation is 1. The molecule has 1 aromatic heterocycles. The number of hydrogen-bond donors (Lipinski definition) is 0. The second-order valence-corrected chi connectivity index (χ2v) is 10.2. The Morgan fingerprint density at radius 1 is 0.950 bits per heavy atom. The van der Waals surface area contributed by atoms with Crippen LogP contribution in [0.2, 0.25) is 0 Å². The molecule has 1 saturated heterocycles. The summed E-state index contributed by atoms with van der Waals surface area (Å²) in [6.45, 7) is 3.76. The van der Waals surface area contributed by atoms with Gasteiger partial charge in [-0.3, -0.25) is 9.69 Å².